The summed E-state index contributed by atoms with van der Waals surface area (Å²) in [4.78, 5) is 0.847. The zero-order valence-electron chi connectivity index (χ0n) is 7.95. The third-order valence-electron chi connectivity index (χ3n) is 2.12. The van der Waals surface area contributed by atoms with Crippen LogP contribution in [0.4, 0.5) is 0 Å². The van der Waals surface area contributed by atoms with Crippen LogP contribution in [0, 0.1) is 0 Å². The largest absolute Gasteiger partial charge is 0.383 e. The molecule has 1 aromatic carbocycles. The smallest absolute Gasteiger partial charge is 0.113 e. The van der Waals surface area contributed by atoms with Gasteiger partial charge in [-0.1, -0.05) is 17.7 Å². The number of benzene rings is 1. The van der Waals surface area contributed by atoms with Gasteiger partial charge in [-0.25, -0.2) is 0 Å². The van der Waals surface area contributed by atoms with Gasteiger partial charge in [-0.3, -0.25) is 0 Å². The van der Waals surface area contributed by atoms with E-state index >= 15 is 0 Å². The highest BCUT2D eigenvalue weighted by Crippen LogP contribution is 2.33. The van der Waals surface area contributed by atoms with Gasteiger partial charge in [0.05, 0.1) is 4.34 Å². The number of hydrogen-bond acceptors (Lipinski definition) is 2. The lowest BCUT2D eigenvalue weighted by molar-refractivity contribution is 0.224. The maximum Gasteiger partial charge on any atom is 0.113 e. The van der Waals surface area contributed by atoms with Gasteiger partial charge in [-0.2, -0.15) is 0 Å². The first-order valence-corrected chi connectivity index (χ1v) is 7.24. The van der Waals surface area contributed by atoms with E-state index in [1.807, 2.05) is 24.3 Å². The average Bonchev–Trinajstić information content (AvgIpc) is 2.68. The molecule has 1 unspecified atom stereocenters. The monoisotopic (exact) mass is 380 g/mol. The maximum absolute atomic E-state index is 10.1. The van der Waals surface area contributed by atoms with Crippen LogP contribution in [-0.4, -0.2) is 5.11 Å². The van der Waals surface area contributed by atoms with Crippen molar-refractivity contribution in [3.63, 3.8) is 0 Å². The van der Waals surface area contributed by atoms with Gasteiger partial charge in [-0.15, -0.1) is 11.3 Å². The molecule has 1 aromatic heterocycles. The molecule has 0 fully saturated rings. The minimum Gasteiger partial charge on any atom is -0.383 e. The van der Waals surface area contributed by atoms with E-state index in [1.54, 1.807) is 6.07 Å². The molecule has 0 aliphatic rings. The highest BCUT2D eigenvalue weighted by atomic mass is 79.9. The Morgan fingerprint density at radius 3 is 2.44 bits per heavy atom. The highest BCUT2D eigenvalue weighted by molar-refractivity contribution is 9.13. The van der Waals surface area contributed by atoms with Crippen LogP contribution in [0.25, 0.3) is 0 Å². The lowest BCUT2D eigenvalue weighted by atomic mass is 10.1. The zero-order chi connectivity index (χ0) is 11.7. The van der Waals surface area contributed by atoms with Crippen molar-refractivity contribution in [1.82, 2.24) is 0 Å². The molecule has 0 spiro atoms. The van der Waals surface area contributed by atoms with E-state index in [9.17, 15) is 5.11 Å². The molecule has 0 saturated heterocycles. The second kappa shape index (κ2) is 5.19. The van der Waals surface area contributed by atoms with E-state index in [-0.39, 0.29) is 0 Å². The summed E-state index contributed by atoms with van der Waals surface area (Å²) in [5, 5.41) is 10.1. The average molecular weight is 383 g/mol. The SMILES string of the molecule is OC(c1ccc(Br)c(Br)c1)c1ccc(Cl)s1. The summed E-state index contributed by atoms with van der Waals surface area (Å²) in [6.07, 6.45) is -0.623. The van der Waals surface area contributed by atoms with Crippen molar-refractivity contribution in [3.05, 3.63) is 54.1 Å². The molecule has 0 radical (unpaired) electrons. The fourth-order valence-corrected chi connectivity index (χ4v) is 3.04. The molecule has 2 rings (SSSR count). The fraction of sp³-hybridized carbons (Fsp3) is 0.0909. The molecular formula is C11H7Br2ClOS. The van der Waals surface area contributed by atoms with Crippen LogP contribution >= 0.6 is 54.8 Å². The van der Waals surface area contributed by atoms with Crippen LogP contribution < -0.4 is 0 Å². The van der Waals surface area contributed by atoms with Crippen LogP contribution in [0.3, 0.4) is 0 Å². The molecule has 1 heterocycles. The molecule has 1 nitrogen and oxygen atoms in total. The maximum atomic E-state index is 10.1. The van der Waals surface area contributed by atoms with Crippen molar-refractivity contribution in [2.45, 2.75) is 6.10 Å². The Balaban J connectivity index is 2.33. The van der Waals surface area contributed by atoms with Gasteiger partial charge < -0.3 is 5.11 Å². The summed E-state index contributed by atoms with van der Waals surface area (Å²) in [7, 11) is 0. The lowest BCUT2D eigenvalue weighted by Gasteiger charge is -2.09. The second-order valence-corrected chi connectivity index (χ2v) is 6.67. The number of aliphatic hydroxyl groups is 1. The van der Waals surface area contributed by atoms with Gasteiger partial charge in [0.25, 0.3) is 0 Å². The van der Waals surface area contributed by atoms with E-state index in [0.717, 1.165) is 19.4 Å². The molecular weight excluding hydrogens is 375 g/mol. The predicted molar refractivity (Wildman–Crippen MR) is 75.2 cm³/mol. The van der Waals surface area contributed by atoms with Gasteiger partial charge in [0.15, 0.2) is 0 Å². The van der Waals surface area contributed by atoms with E-state index in [4.69, 9.17) is 11.6 Å². The summed E-state index contributed by atoms with van der Waals surface area (Å²) in [5.74, 6) is 0. The molecule has 0 amide bonds. The van der Waals surface area contributed by atoms with E-state index in [1.165, 1.54) is 11.3 Å². The molecule has 5 heteroatoms. The summed E-state index contributed by atoms with van der Waals surface area (Å²) < 4.78 is 2.57. The molecule has 84 valence electrons. The third kappa shape index (κ3) is 2.68. The van der Waals surface area contributed by atoms with Crippen molar-refractivity contribution in [2.24, 2.45) is 0 Å². The predicted octanol–water partition coefficient (Wildman–Crippen LogP) is 5.01. The third-order valence-corrected chi connectivity index (χ3v) is 5.29. The zero-order valence-corrected chi connectivity index (χ0v) is 12.7. The van der Waals surface area contributed by atoms with Gasteiger partial charge in [0, 0.05) is 13.8 Å². The first kappa shape index (κ1) is 12.6. The fourth-order valence-electron chi connectivity index (χ4n) is 1.32. The normalized spacial score (nSPS) is 12.8. The topological polar surface area (TPSA) is 20.2 Å². The molecule has 0 aliphatic carbocycles. The summed E-state index contributed by atoms with van der Waals surface area (Å²) in [5.41, 5.74) is 0.841. The molecule has 0 saturated carbocycles. The quantitative estimate of drug-likeness (QED) is 0.774. The van der Waals surface area contributed by atoms with Gasteiger partial charge in [0.2, 0.25) is 0 Å². The highest BCUT2D eigenvalue weighted by Gasteiger charge is 2.13. The Bertz CT molecular complexity index is 512. The van der Waals surface area contributed by atoms with Crippen molar-refractivity contribution in [2.75, 3.05) is 0 Å². The Labute approximate surface area is 119 Å². The van der Waals surface area contributed by atoms with Crippen molar-refractivity contribution in [1.29, 1.82) is 0 Å². The lowest BCUT2D eigenvalue weighted by Crippen LogP contribution is -1.96. The van der Waals surface area contributed by atoms with Crippen molar-refractivity contribution < 1.29 is 5.11 Å². The molecule has 0 aliphatic heterocycles. The first-order valence-electron chi connectivity index (χ1n) is 4.46. The van der Waals surface area contributed by atoms with Gasteiger partial charge in [-0.05, 0) is 61.7 Å². The number of thiophene rings is 1. The van der Waals surface area contributed by atoms with Gasteiger partial charge >= 0.3 is 0 Å². The minimum atomic E-state index is -0.623. The van der Waals surface area contributed by atoms with Crippen molar-refractivity contribution >= 4 is 54.8 Å². The first-order chi connectivity index (χ1) is 7.58. The molecule has 16 heavy (non-hydrogen) atoms. The van der Waals surface area contributed by atoms with Crippen LogP contribution in [0.5, 0.6) is 0 Å². The van der Waals surface area contributed by atoms with Gasteiger partial charge in [0.1, 0.15) is 6.10 Å². The Kier molecular flexibility index (Phi) is 4.08. The standard InChI is InChI=1S/C11H7Br2ClOS/c12-7-2-1-6(5-8(7)13)11(15)9-3-4-10(14)16-9/h1-5,11,15H. The van der Waals surface area contributed by atoms with E-state index in [0.29, 0.717) is 4.34 Å². The molecule has 1 atom stereocenters. The summed E-state index contributed by atoms with van der Waals surface area (Å²) in [6.45, 7) is 0. The number of hydrogen-bond donors (Lipinski definition) is 1. The van der Waals surface area contributed by atoms with Crippen LogP contribution in [-0.2, 0) is 0 Å². The van der Waals surface area contributed by atoms with Crippen LogP contribution in [0.15, 0.2) is 39.3 Å². The minimum absolute atomic E-state index is 0.623. The molecule has 1 N–H and O–H groups in total. The van der Waals surface area contributed by atoms with E-state index < -0.39 is 6.10 Å². The number of aliphatic hydroxyl groups excluding tert-OH is 1. The summed E-state index contributed by atoms with van der Waals surface area (Å²) >= 11 is 14.0. The van der Waals surface area contributed by atoms with E-state index in [2.05, 4.69) is 31.9 Å². The van der Waals surface area contributed by atoms with Crippen LogP contribution in [0.1, 0.15) is 16.5 Å². The number of rotatable bonds is 2. The molecule has 2 aromatic rings. The summed E-state index contributed by atoms with van der Waals surface area (Å²) in [6, 6.07) is 9.31. The Hall–Kier alpha value is 0.130. The second-order valence-electron chi connectivity index (χ2n) is 3.22. The van der Waals surface area contributed by atoms with Crippen molar-refractivity contribution in [3.8, 4) is 0 Å². The molecule has 0 bridgehead atoms. The Morgan fingerprint density at radius 1 is 1.12 bits per heavy atom. The number of halogens is 3. The Morgan fingerprint density at radius 2 is 1.88 bits per heavy atom. The van der Waals surface area contributed by atoms with Crippen LogP contribution in [0.2, 0.25) is 4.34 Å².